The number of nitrogens with zero attached hydrogens (tertiary/aromatic N) is 2. The van der Waals surface area contributed by atoms with Gasteiger partial charge in [0.2, 0.25) is 5.96 Å². The Balaban J connectivity index is 3.20. The van der Waals surface area contributed by atoms with E-state index in [-0.39, 0.29) is 12.0 Å². The van der Waals surface area contributed by atoms with Crippen LogP contribution in [0.5, 0.6) is 0 Å². The van der Waals surface area contributed by atoms with Gasteiger partial charge in [0.25, 0.3) is 0 Å². The monoisotopic (exact) mass is 457 g/mol. The van der Waals surface area contributed by atoms with E-state index >= 15 is 0 Å². The van der Waals surface area contributed by atoms with Crippen molar-refractivity contribution in [1.82, 2.24) is 10.2 Å². The highest BCUT2D eigenvalue weighted by molar-refractivity contribution is 5.99. The van der Waals surface area contributed by atoms with Gasteiger partial charge in [-0.3, -0.25) is 5.32 Å². The van der Waals surface area contributed by atoms with Gasteiger partial charge in [0, 0.05) is 13.5 Å². The molecule has 2 amide bonds. The average molecular weight is 458 g/mol. The van der Waals surface area contributed by atoms with Gasteiger partial charge in [0.1, 0.15) is 11.2 Å². The van der Waals surface area contributed by atoms with Crippen LogP contribution in [0.3, 0.4) is 0 Å². The Labute approximate surface area is 198 Å². The summed E-state index contributed by atoms with van der Waals surface area (Å²) in [6.45, 7) is 14.7. The molecule has 0 radical (unpaired) electrons. The Bertz CT molecular complexity index is 869. The molecule has 1 aromatic rings. The molecule has 1 N–H and O–H groups in total. The summed E-state index contributed by atoms with van der Waals surface area (Å²) < 4.78 is 10.7. The molecule has 7 heteroatoms. The van der Waals surface area contributed by atoms with Crippen LogP contribution >= 0.6 is 0 Å². The maximum atomic E-state index is 12.5. The highest BCUT2D eigenvalue weighted by atomic mass is 16.6. The first-order valence-corrected chi connectivity index (χ1v) is 11.2. The smallest absolute Gasteiger partial charge is 0.437 e. The van der Waals surface area contributed by atoms with E-state index < -0.39 is 23.4 Å². The fraction of sp³-hybridized carbons (Fsp3) is 0.577. The van der Waals surface area contributed by atoms with Crippen LogP contribution in [-0.4, -0.2) is 47.3 Å². The Morgan fingerprint density at radius 2 is 1.61 bits per heavy atom. The third-order valence-corrected chi connectivity index (χ3v) is 4.10. The minimum Gasteiger partial charge on any atom is -0.444 e. The predicted molar refractivity (Wildman–Crippen MR) is 132 cm³/mol. The standard InChI is InChI=1S/C26H39N3O4/c1-19(2)18-21(17-13-16-20-14-11-10-12-15-20)29(9)22(27-23(30)32-25(3,4)5)28-24(31)33-26(6,7)8/h10-12,14-15,19,21H,16,18H2,1-9H3,(H,27,28,30,31). The molecule has 0 bridgehead atoms. The van der Waals surface area contributed by atoms with Crippen LogP contribution in [0, 0.1) is 17.8 Å². The number of nitrogens with one attached hydrogen (secondary N) is 1. The summed E-state index contributed by atoms with van der Waals surface area (Å²) in [6, 6.07) is 9.68. The fourth-order valence-electron chi connectivity index (χ4n) is 2.74. The summed E-state index contributed by atoms with van der Waals surface area (Å²) in [4.78, 5) is 30.6. The van der Waals surface area contributed by atoms with E-state index in [1.54, 1.807) is 53.5 Å². The Hall–Kier alpha value is -3.01. The second-order valence-electron chi connectivity index (χ2n) is 10.3. The second-order valence-corrected chi connectivity index (χ2v) is 10.3. The molecule has 0 aromatic heterocycles. The van der Waals surface area contributed by atoms with Crippen LogP contribution in [-0.2, 0) is 15.9 Å². The third kappa shape index (κ3) is 12.6. The quantitative estimate of drug-likeness (QED) is 0.372. The minimum absolute atomic E-state index is 0.0261. The van der Waals surface area contributed by atoms with Gasteiger partial charge in [-0.05, 0) is 59.4 Å². The van der Waals surface area contributed by atoms with Crippen LogP contribution in [0.25, 0.3) is 0 Å². The number of ether oxygens (including phenoxy) is 2. The molecule has 33 heavy (non-hydrogen) atoms. The Morgan fingerprint density at radius 3 is 2.12 bits per heavy atom. The highest BCUT2D eigenvalue weighted by Crippen LogP contribution is 2.13. The first kappa shape index (κ1) is 28.0. The minimum atomic E-state index is -0.805. The van der Waals surface area contributed by atoms with Crippen molar-refractivity contribution in [3.8, 4) is 11.8 Å². The Kier molecular flexibility index (Phi) is 10.4. The molecule has 0 fully saturated rings. The molecule has 0 heterocycles. The first-order chi connectivity index (χ1) is 15.2. The van der Waals surface area contributed by atoms with Crippen LogP contribution in [0.1, 0.15) is 67.4 Å². The number of alkyl carbamates (subject to hydrolysis) is 1. The zero-order chi connectivity index (χ0) is 25.2. The van der Waals surface area contributed by atoms with Crippen molar-refractivity contribution in [2.24, 2.45) is 10.9 Å². The van der Waals surface area contributed by atoms with Crippen molar-refractivity contribution in [1.29, 1.82) is 0 Å². The van der Waals surface area contributed by atoms with Crippen molar-refractivity contribution in [3.05, 3.63) is 35.9 Å². The molecule has 1 atom stereocenters. The van der Waals surface area contributed by atoms with Gasteiger partial charge in [0.05, 0.1) is 6.04 Å². The number of hydrogen-bond acceptors (Lipinski definition) is 4. The average Bonchev–Trinajstić information content (AvgIpc) is 2.63. The molecule has 1 aromatic carbocycles. The number of guanidine groups is 1. The number of benzene rings is 1. The van der Waals surface area contributed by atoms with E-state index in [0.717, 1.165) is 5.56 Å². The normalized spacial score (nSPS) is 13.0. The molecule has 0 saturated heterocycles. The maximum absolute atomic E-state index is 12.5. The molecule has 0 saturated carbocycles. The summed E-state index contributed by atoms with van der Waals surface area (Å²) in [5, 5.41) is 2.60. The van der Waals surface area contributed by atoms with Crippen molar-refractivity contribution < 1.29 is 19.1 Å². The number of carbonyl (C=O) groups is 2. The number of aliphatic imine (C=N–C) groups is 1. The van der Waals surface area contributed by atoms with E-state index in [9.17, 15) is 9.59 Å². The number of rotatable bonds is 4. The van der Waals surface area contributed by atoms with Gasteiger partial charge in [-0.2, -0.15) is 0 Å². The van der Waals surface area contributed by atoms with Crippen molar-refractivity contribution >= 4 is 18.1 Å². The third-order valence-electron chi connectivity index (χ3n) is 4.10. The van der Waals surface area contributed by atoms with E-state index in [2.05, 4.69) is 36.0 Å². The lowest BCUT2D eigenvalue weighted by molar-refractivity contribution is 0.0554. The summed E-state index contributed by atoms with van der Waals surface area (Å²) in [5.74, 6) is 6.85. The first-order valence-electron chi connectivity index (χ1n) is 11.2. The molecule has 1 unspecified atom stereocenters. The summed E-state index contributed by atoms with van der Waals surface area (Å²) in [5.41, 5.74) is -0.305. The van der Waals surface area contributed by atoms with Crippen molar-refractivity contribution in [3.63, 3.8) is 0 Å². The zero-order valence-electron chi connectivity index (χ0n) is 21.5. The van der Waals surface area contributed by atoms with Gasteiger partial charge in [-0.15, -0.1) is 4.99 Å². The Morgan fingerprint density at radius 1 is 1.03 bits per heavy atom. The molecule has 0 aliphatic heterocycles. The van der Waals surface area contributed by atoms with Crippen LogP contribution in [0.4, 0.5) is 9.59 Å². The van der Waals surface area contributed by atoms with Gasteiger partial charge >= 0.3 is 12.2 Å². The summed E-state index contributed by atoms with van der Waals surface area (Å²) >= 11 is 0. The van der Waals surface area contributed by atoms with Crippen LogP contribution < -0.4 is 5.32 Å². The topological polar surface area (TPSA) is 80.2 Å². The lowest BCUT2D eigenvalue weighted by Crippen LogP contribution is -2.48. The molecular formula is C26H39N3O4. The second kappa shape index (κ2) is 12.3. The number of amides is 2. The highest BCUT2D eigenvalue weighted by Gasteiger charge is 2.25. The van der Waals surface area contributed by atoms with E-state index in [4.69, 9.17) is 9.47 Å². The van der Waals surface area contributed by atoms with E-state index in [0.29, 0.717) is 18.8 Å². The fourth-order valence-corrected chi connectivity index (χ4v) is 2.74. The molecule has 0 spiro atoms. The van der Waals surface area contributed by atoms with Gasteiger partial charge in [-0.1, -0.05) is 56.0 Å². The molecule has 0 aliphatic carbocycles. The molecule has 7 nitrogen and oxygen atoms in total. The lowest BCUT2D eigenvalue weighted by Gasteiger charge is -2.29. The lowest BCUT2D eigenvalue weighted by atomic mass is 10.0. The van der Waals surface area contributed by atoms with Crippen LogP contribution in [0.15, 0.2) is 35.3 Å². The maximum Gasteiger partial charge on any atom is 0.437 e. The molecular weight excluding hydrogens is 418 g/mol. The summed E-state index contributed by atoms with van der Waals surface area (Å²) in [7, 11) is 1.74. The van der Waals surface area contributed by atoms with Gasteiger partial charge in [0.15, 0.2) is 0 Å². The van der Waals surface area contributed by atoms with Gasteiger partial charge in [-0.25, -0.2) is 9.59 Å². The zero-order valence-corrected chi connectivity index (χ0v) is 21.5. The molecule has 182 valence electrons. The van der Waals surface area contributed by atoms with Crippen molar-refractivity contribution in [2.75, 3.05) is 7.05 Å². The molecule has 1 rings (SSSR count). The largest absolute Gasteiger partial charge is 0.444 e. The number of hydrogen-bond donors (Lipinski definition) is 1. The van der Waals surface area contributed by atoms with Crippen LogP contribution in [0.2, 0.25) is 0 Å². The summed E-state index contributed by atoms with van der Waals surface area (Å²) in [6.07, 6.45) is -0.207. The SMILES string of the molecule is CC(C)CC(C#CCc1ccccc1)N(C)/C(=N\C(=O)OC(C)(C)C)NC(=O)OC(C)(C)C. The number of carbonyl (C=O) groups excluding carboxylic acids is 2. The van der Waals surface area contributed by atoms with E-state index in [1.165, 1.54) is 0 Å². The van der Waals surface area contributed by atoms with Gasteiger partial charge < -0.3 is 14.4 Å². The predicted octanol–water partition coefficient (Wildman–Crippen LogP) is 5.39. The van der Waals surface area contributed by atoms with E-state index in [1.807, 2.05) is 30.3 Å². The molecule has 0 aliphatic rings. The van der Waals surface area contributed by atoms with Crippen molar-refractivity contribution in [2.45, 2.75) is 85.5 Å².